The summed E-state index contributed by atoms with van der Waals surface area (Å²) in [4.78, 5) is 27.4. The molecule has 0 spiro atoms. The molecule has 1 amide bonds. The maximum atomic E-state index is 12.0. The van der Waals surface area contributed by atoms with Crippen LogP contribution in [0.25, 0.3) is 5.65 Å². The maximum absolute atomic E-state index is 12.0. The van der Waals surface area contributed by atoms with Crippen LogP contribution in [0.1, 0.15) is 16.1 Å². The van der Waals surface area contributed by atoms with Crippen molar-refractivity contribution in [1.29, 1.82) is 0 Å². The summed E-state index contributed by atoms with van der Waals surface area (Å²) in [6, 6.07) is 12.6. The van der Waals surface area contributed by atoms with Crippen LogP contribution in [0.2, 0.25) is 0 Å². The first-order valence-corrected chi connectivity index (χ1v) is 7.73. The van der Waals surface area contributed by atoms with Gasteiger partial charge in [-0.25, -0.2) is 14.6 Å². The Morgan fingerprint density at radius 1 is 1.21 bits per heavy atom. The summed E-state index contributed by atoms with van der Waals surface area (Å²) >= 11 is 3.30. The minimum absolute atomic E-state index is 0.0388. The van der Waals surface area contributed by atoms with Gasteiger partial charge in [-0.15, -0.1) is 0 Å². The van der Waals surface area contributed by atoms with Crippen molar-refractivity contribution >= 4 is 39.5 Å². The number of rotatable bonds is 4. The van der Waals surface area contributed by atoms with E-state index in [1.165, 1.54) is 4.40 Å². The number of carboxylic acids is 1. The van der Waals surface area contributed by atoms with E-state index in [1.807, 2.05) is 30.3 Å². The smallest absolute Gasteiger partial charge is 0.413 e. The Hall–Kier alpha value is -2.87. The Labute approximate surface area is 145 Å². The van der Waals surface area contributed by atoms with Gasteiger partial charge >= 0.3 is 12.1 Å². The van der Waals surface area contributed by atoms with Crippen LogP contribution in [0.4, 0.5) is 10.6 Å². The number of ether oxygens (including phenoxy) is 1. The molecule has 0 aliphatic carbocycles. The van der Waals surface area contributed by atoms with Crippen LogP contribution < -0.4 is 5.32 Å². The number of hydrogen-bond acceptors (Lipinski definition) is 4. The standard InChI is InChI=1S/C16H12BrN3O4/c17-11-7-4-8-20-13(11)18-12(15(21)22)14(20)19-16(23)24-9-10-5-2-1-3-6-10/h1-8H,9H2,(H,19,23)(H,21,22). The van der Waals surface area contributed by atoms with E-state index in [2.05, 4.69) is 26.2 Å². The van der Waals surface area contributed by atoms with Gasteiger partial charge in [-0.2, -0.15) is 0 Å². The Bertz CT molecular complexity index is 908. The average molecular weight is 390 g/mol. The Balaban J connectivity index is 1.83. The second-order valence-electron chi connectivity index (χ2n) is 4.85. The van der Waals surface area contributed by atoms with Crippen molar-refractivity contribution in [3.8, 4) is 0 Å². The fourth-order valence-electron chi connectivity index (χ4n) is 2.16. The molecule has 122 valence electrons. The second-order valence-corrected chi connectivity index (χ2v) is 5.70. The van der Waals surface area contributed by atoms with Crippen LogP contribution in [-0.2, 0) is 11.3 Å². The molecule has 8 heteroatoms. The lowest BCUT2D eigenvalue weighted by Gasteiger charge is -2.08. The highest BCUT2D eigenvalue weighted by molar-refractivity contribution is 9.10. The highest BCUT2D eigenvalue weighted by atomic mass is 79.9. The molecule has 0 fully saturated rings. The van der Waals surface area contributed by atoms with Crippen LogP contribution in [0.5, 0.6) is 0 Å². The van der Waals surface area contributed by atoms with Crippen molar-refractivity contribution in [2.75, 3.05) is 5.32 Å². The number of carbonyl (C=O) groups excluding carboxylic acids is 1. The third-order valence-electron chi connectivity index (χ3n) is 3.24. The van der Waals surface area contributed by atoms with Gasteiger partial charge in [0.05, 0.1) is 4.47 Å². The molecular formula is C16H12BrN3O4. The number of amides is 1. The highest BCUT2D eigenvalue weighted by Gasteiger charge is 2.21. The number of anilines is 1. The van der Waals surface area contributed by atoms with Gasteiger partial charge in [0.1, 0.15) is 6.61 Å². The third-order valence-corrected chi connectivity index (χ3v) is 3.86. The summed E-state index contributed by atoms with van der Waals surface area (Å²) in [7, 11) is 0. The van der Waals surface area contributed by atoms with E-state index < -0.39 is 12.1 Å². The molecule has 0 saturated heterocycles. The van der Waals surface area contributed by atoms with E-state index >= 15 is 0 Å². The molecular weight excluding hydrogens is 378 g/mol. The predicted molar refractivity (Wildman–Crippen MR) is 90.1 cm³/mol. The van der Waals surface area contributed by atoms with Gasteiger partial charge in [0, 0.05) is 6.20 Å². The predicted octanol–water partition coefficient (Wildman–Crippen LogP) is 3.54. The van der Waals surface area contributed by atoms with Crippen molar-refractivity contribution in [2.45, 2.75) is 6.61 Å². The Kier molecular flexibility index (Phi) is 4.48. The van der Waals surface area contributed by atoms with Crippen molar-refractivity contribution in [3.05, 3.63) is 64.4 Å². The summed E-state index contributed by atoms with van der Waals surface area (Å²) in [5.41, 5.74) is 0.943. The Morgan fingerprint density at radius 3 is 2.67 bits per heavy atom. The fourth-order valence-corrected chi connectivity index (χ4v) is 2.59. The number of nitrogens with zero attached hydrogens (tertiary/aromatic N) is 2. The zero-order valence-corrected chi connectivity index (χ0v) is 13.9. The van der Waals surface area contributed by atoms with Crippen LogP contribution in [0.15, 0.2) is 53.1 Å². The summed E-state index contributed by atoms with van der Waals surface area (Å²) in [5.74, 6) is -1.21. The number of pyridine rings is 1. The summed E-state index contributed by atoms with van der Waals surface area (Å²) < 4.78 is 7.20. The normalized spacial score (nSPS) is 10.5. The molecule has 0 aliphatic heterocycles. The van der Waals surface area contributed by atoms with Crippen molar-refractivity contribution in [1.82, 2.24) is 9.38 Å². The van der Waals surface area contributed by atoms with Gasteiger partial charge in [-0.1, -0.05) is 30.3 Å². The number of fused-ring (bicyclic) bond motifs is 1. The molecule has 2 aromatic heterocycles. The SMILES string of the molecule is O=C(Nc1c(C(=O)O)nc2c(Br)cccn12)OCc1ccccc1. The third kappa shape index (κ3) is 3.23. The second kappa shape index (κ2) is 6.71. The van der Waals surface area contributed by atoms with Crippen molar-refractivity contribution in [3.63, 3.8) is 0 Å². The van der Waals surface area contributed by atoms with Gasteiger partial charge < -0.3 is 9.84 Å². The maximum Gasteiger partial charge on any atom is 0.413 e. The molecule has 0 radical (unpaired) electrons. The number of benzene rings is 1. The number of hydrogen-bond donors (Lipinski definition) is 2. The molecule has 24 heavy (non-hydrogen) atoms. The molecule has 0 aliphatic rings. The minimum Gasteiger partial charge on any atom is -0.476 e. The summed E-state index contributed by atoms with van der Waals surface area (Å²) in [6.07, 6.45) is 0.843. The average Bonchev–Trinajstić information content (AvgIpc) is 2.94. The van der Waals surface area contributed by atoms with Crippen LogP contribution in [0.3, 0.4) is 0 Å². The molecule has 2 N–H and O–H groups in total. The molecule has 0 unspecified atom stereocenters. The van der Waals surface area contributed by atoms with E-state index in [-0.39, 0.29) is 18.1 Å². The van der Waals surface area contributed by atoms with E-state index in [9.17, 15) is 14.7 Å². The van der Waals surface area contributed by atoms with E-state index in [0.29, 0.717) is 10.1 Å². The summed E-state index contributed by atoms with van der Waals surface area (Å²) in [5, 5.41) is 11.7. The molecule has 1 aromatic carbocycles. The number of halogens is 1. The number of nitrogens with one attached hydrogen (secondary N) is 1. The van der Waals surface area contributed by atoms with E-state index in [4.69, 9.17) is 4.74 Å². The zero-order chi connectivity index (χ0) is 17.1. The molecule has 2 heterocycles. The number of carboxylic acid groups (broad SMARTS) is 1. The number of imidazole rings is 1. The molecule has 3 aromatic rings. The Morgan fingerprint density at radius 2 is 1.96 bits per heavy atom. The van der Waals surface area contributed by atoms with Crippen LogP contribution in [-0.4, -0.2) is 26.6 Å². The lowest BCUT2D eigenvalue weighted by Crippen LogP contribution is -2.17. The number of aromatic nitrogens is 2. The first-order valence-electron chi connectivity index (χ1n) is 6.94. The molecule has 7 nitrogen and oxygen atoms in total. The number of carbonyl (C=O) groups is 2. The van der Waals surface area contributed by atoms with Gasteiger partial charge in [0.2, 0.25) is 0 Å². The number of aromatic carboxylic acids is 1. The van der Waals surface area contributed by atoms with E-state index in [0.717, 1.165) is 5.56 Å². The largest absolute Gasteiger partial charge is 0.476 e. The quantitative estimate of drug-likeness (QED) is 0.711. The van der Waals surface area contributed by atoms with Gasteiger partial charge in [-0.05, 0) is 33.6 Å². The summed E-state index contributed by atoms with van der Waals surface area (Å²) in [6.45, 7) is 0.0789. The molecule has 0 bridgehead atoms. The molecule has 0 saturated carbocycles. The molecule has 3 rings (SSSR count). The first-order chi connectivity index (χ1) is 11.6. The van der Waals surface area contributed by atoms with E-state index in [1.54, 1.807) is 18.3 Å². The zero-order valence-electron chi connectivity index (χ0n) is 12.3. The lowest BCUT2D eigenvalue weighted by molar-refractivity contribution is 0.0692. The monoisotopic (exact) mass is 389 g/mol. The minimum atomic E-state index is -1.25. The lowest BCUT2D eigenvalue weighted by atomic mass is 10.2. The molecule has 0 atom stereocenters. The van der Waals surface area contributed by atoms with Gasteiger partial charge in [-0.3, -0.25) is 9.72 Å². The van der Waals surface area contributed by atoms with Gasteiger partial charge in [0.15, 0.2) is 17.2 Å². The topological polar surface area (TPSA) is 92.9 Å². The fraction of sp³-hybridized carbons (Fsp3) is 0.0625. The van der Waals surface area contributed by atoms with Crippen molar-refractivity contribution < 1.29 is 19.4 Å². The first kappa shape index (κ1) is 16.0. The van der Waals surface area contributed by atoms with Crippen molar-refractivity contribution in [2.24, 2.45) is 0 Å². The van der Waals surface area contributed by atoms with Crippen LogP contribution >= 0.6 is 15.9 Å². The van der Waals surface area contributed by atoms with Crippen LogP contribution in [0, 0.1) is 0 Å². The highest BCUT2D eigenvalue weighted by Crippen LogP contribution is 2.24. The van der Waals surface area contributed by atoms with Gasteiger partial charge in [0.25, 0.3) is 0 Å².